The smallest absolute Gasteiger partial charge is 0.226 e. The van der Waals surface area contributed by atoms with Crippen molar-refractivity contribution in [3.63, 3.8) is 0 Å². The molecule has 3 aromatic heterocycles. The molecule has 0 spiro atoms. The number of aromatic amines is 1. The fraction of sp³-hybridized carbons (Fsp3) is 0.0833. The minimum Gasteiger partial charge on any atom is -0.487 e. The SMILES string of the molecule is Clc1ccc(C=Cc2nc(COc3ccc(-c4nc(Cc5c[nH]nn5)co4)cc3)co2)cc1. The molecule has 0 saturated heterocycles. The van der Waals surface area contributed by atoms with Crippen molar-refractivity contribution in [1.82, 2.24) is 25.4 Å². The zero-order valence-corrected chi connectivity index (χ0v) is 18.1. The molecule has 1 N–H and O–H groups in total. The van der Waals surface area contributed by atoms with E-state index in [9.17, 15) is 0 Å². The van der Waals surface area contributed by atoms with E-state index in [2.05, 4.69) is 25.4 Å². The first kappa shape index (κ1) is 20.7. The molecule has 0 radical (unpaired) electrons. The first-order chi connectivity index (χ1) is 16.2. The van der Waals surface area contributed by atoms with Crippen LogP contribution in [-0.2, 0) is 13.0 Å². The minimum atomic E-state index is 0.290. The average Bonchev–Trinajstić information content (AvgIpc) is 3.61. The predicted octanol–water partition coefficient (Wildman–Crippen LogP) is 5.44. The van der Waals surface area contributed by atoms with Crippen LogP contribution in [-0.4, -0.2) is 25.4 Å². The highest BCUT2D eigenvalue weighted by atomic mass is 35.5. The van der Waals surface area contributed by atoms with Gasteiger partial charge in [-0.1, -0.05) is 28.9 Å². The summed E-state index contributed by atoms with van der Waals surface area (Å²) >= 11 is 5.90. The Bertz CT molecular complexity index is 1340. The zero-order valence-electron chi connectivity index (χ0n) is 17.3. The summed E-state index contributed by atoms with van der Waals surface area (Å²) in [4.78, 5) is 8.92. The highest BCUT2D eigenvalue weighted by Crippen LogP contribution is 2.23. The lowest BCUT2D eigenvalue weighted by Crippen LogP contribution is -1.95. The summed E-state index contributed by atoms with van der Waals surface area (Å²) in [5.41, 5.74) is 4.14. The van der Waals surface area contributed by atoms with Gasteiger partial charge >= 0.3 is 0 Å². The zero-order chi connectivity index (χ0) is 22.5. The molecule has 9 heteroatoms. The Morgan fingerprint density at radius 3 is 2.48 bits per heavy atom. The fourth-order valence-corrected chi connectivity index (χ4v) is 3.20. The Hall–Kier alpha value is -4.17. The van der Waals surface area contributed by atoms with E-state index in [1.165, 1.54) is 0 Å². The summed E-state index contributed by atoms with van der Waals surface area (Å²) in [6.07, 6.45) is 9.20. The molecule has 0 aliphatic rings. The van der Waals surface area contributed by atoms with Crippen LogP contribution in [0, 0.1) is 0 Å². The third-order valence-electron chi connectivity index (χ3n) is 4.73. The van der Waals surface area contributed by atoms with Crippen LogP contribution in [0.1, 0.15) is 28.5 Å². The molecule has 0 bridgehead atoms. The maximum absolute atomic E-state index is 5.90. The number of benzene rings is 2. The molecule has 8 nitrogen and oxygen atoms in total. The van der Waals surface area contributed by atoms with Gasteiger partial charge in [0.2, 0.25) is 11.8 Å². The Morgan fingerprint density at radius 1 is 0.879 bits per heavy atom. The van der Waals surface area contributed by atoms with Crippen LogP contribution >= 0.6 is 11.6 Å². The van der Waals surface area contributed by atoms with Crippen molar-refractivity contribution < 1.29 is 13.6 Å². The van der Waals surface area contributed by atoms with Crippen LogP contribution in [0.4, 0.5) is 0 Å². The van der Waals surface area contributed by atoms with E-state index in [0.29, 0.717) is 41.3 Å². The largest absolute Gasteiger partial charge is 0.487 e. The van der Waals surface area contributed by atoms with Gasteiger partial charge < -0.3 is 13.6 Å². The van der Waals surface area contributed by atoms with Gasteiger partial charge in [-0.2, -0.15) is 0 Å². The van der Waals surface area contributed by atoms with E-state index in [4.69, 9.17) is 25.2 Å². The maximum Gasteiger partial charge on any atom is 0.226 e. The molecule has 0 amide bonds. The molecule has 164 valence electrons. The van der Waals surface area contributed by atoms with E-state index in [-0.39, 0.29) is 0 Å². The van der Waals surface area contributed by atoms with Crippen molar-refractivity contribution in [2.75, 3.05) is 0 Å². The van der Waals surface area contributed by atoms with E-state index < -0.39 is 0 Å². The Balaban J connectivity index is 1.16. The van der Waals surface area contributed by atoms with Crippen molar-refractivity contribution in [2.45, 2.75) is 13.0 Å². The molecule has 0 saturated carbocycles. The average molecular weight is 460 g/mol. The van der Waals surface area contributed by atoms with E-state index >= 15 is 0 Å². The number of hydrogen-bond acceptors (Lipinski definition) is 7. The van der Waals surface area contributed by atoms with E-state index in [1.54, 1.807) is 24.8 Å². The Labute approximate surface area is 193 Å². The van der Waals surface area contributed by atoms with Gasteiger partial charge in [-0.05, 0) is 48.0 Å². The predicted molar refractivity (Wildman–Crippen MR) is 122 cm³/mol. The topological polar surface area (TPSA) is 103 Å². The molecule has 3 heterocycles. The van der Waals surface area contributed by atoms with Gasteiger partial charge in [-0.3, -0.25) is 5.10 Å². The Morgan fingerprint density at radius 2 is 1.70 bits per heavy atom. The van der Waals surface area contributed by atoms with Gasteiger partial charge in [0.25, 0.3) is 0 Å². The number of ether oxygens (including phenoxy) is 1. The number of aromatic nitrogens is 5. The molecule has 0 unspecified atom stereocenters. The lowest BCUT2D eigenvalue weighted by atomic mass is 10.2. The quantitative estimate of drug-likeness (QED) is 0.329. The van der Waals surface area contributed by atoms with Gasteiger partial charge in [-0.15, -0.1) is 5.10 Å². The van der Waals surface area contributed by atoms with Crippen molar-refractivity contribution in [3.05, 3.63) is 101 Å². The normalized spacial score (nSPS) is 11.3. The van der Waals surface area contributed by atoms with Crippen LogP contribution < -0.4 is 4.74 Å². The van der Waals surface area contributed by atoms with Gasteiger partial charge in [0.15, 0.2) is 0 Å². The van der Waals surface area contributed by atoms with E-state index in [0.717, 1.165) is 22.5 Å². The van der Waals surface area contributed by atoms with Crippen molar-refractivity contribution >= 4 is 23.8 Å². The first-order valence-electron chi connectivity index (χ1n) is 10.1. The molecule has 5 rings (SSSR count). The van der Waals surface area contributed by atoms with Gasteiger partial charge in [0, 0.05) is 29.3 Å². The summed E-state index contributed by atoms with van der Waals surface area (Å²) < 4.78 is 16.9. The first-order valence-corrected chi connectivity index (χ1v) is 10.5. The molecule has 33 heavy (non-hydrogen) atoms. The van der Waals surface area contributed by atoms with Crippen molar-refractivity contribution in [3.8, 4) is 17.2 Å². The lowest BCUT2D eigenvalue weighted by molar-refractivity contribution is 0.301. The second kappa shape index (κ2) is 9.54. The number of H-pyrrole nitrogens is 1. The summed E-state index contributed by atoms with van der Waals surface area (Å²) in [6, 6.07) is 15.0. The van der Waals surface area contributed by atoms with Crippen LogP contribution in [0.3, 0.4) is 0 Å². The highest BCUT2D eigenvalue weighted by Gasteiger charge is 2.09. The summed E-state index contributed by atoms with van der Waals surface area (Å²) in [6.45, 7) is 0.290. The summed E-state index contributed by atoms with van der Waals surface area (Å²) in [7, 11) is 0. The molecule has 0 aliphatic heterocycles. The second-order valence-corrected chi connectivity index (χ2v) is 7.60. The van der Waals surface area contributed by atoms with Crippen LogP contribution in [0.2, 0.25) is 5.02 Å². The third-order valence-corrected chi connectivity index (χ3v) is 4.98. The number of nitrogens with zero attached hydrogens (tertiary/aromatic N) is 4. The highest BCUT2D eigenvalue weighted by molar-refractivity contribution is 6.30. The fourth-order valence-electron chi connectivity index (χ4n) is 3.08. The van der Waals surface area contributed by atoms with Crippen LogP contribution in [0.5, 0.6) is 5.75 Å². The van der Waals surface area contributed by atoms with Crippen LogP contribution in [0.25, 0.3) is 23.6 Å². The number of nitrogens with one attached hydrogen (secondary N) is 1. The lowest BCUT2D eigenvalue weighted by Gasteiger charge is -2.04. The molecular weight excluding hydrogens is 442 g/mol. The standard InChI is InChI=1S/C24H18ClN5O3/c25-18-6-1-16(2-7-18)3-10-23-27-21(15-32-23)14-31-22-8-4-17(5-9-22)24-28-20(13-33-24)11-19-12-26-30-29-19/h1-10,12-13,15H,11,14H2,(H,26,29,30). The molecule has 0 aliphatic carbocycles. The van der Waals surface area contributed by atoms with E-state index in [1.807, 2.05) is 54.6 Å². The Kier molecular flexibility index (Phi) is 5.99. The summed E-state index contributed by atoms with van der Waals surface area (Å²) in [5, 5.41) is 11.0. The van der Waals surface area contributed by atoms with Crippen LogP contribution in [0.15, 0.2) is 76.1 Å². The number of hydrogen-bond donors (Lipinski definition) is 1. The molecule has 0 fully saturated rings. The third kappa shape index (κ3) is 5.36. The molecule has 5 aromatic rings. The molecular formula is C24H18ClN5O3. The summed E-state index contributed by atoms with van der Waals surface area (Å²) in [5.74, 6) is 1.74. The van der Waals surface area contributed by atoms with Crippen molar-refractivity contribution in [2.24, 2.45) is 0 Å². The number of halogens is 1. The second-order valence-electron chi connectivity index (χ2n) is 7.16. The monoisotopic (exact) mass is 459 g/mol. The molecule has 2 aromatic carbocycles. The maximum atomic E-state index is 5.90. The van der Waals surface area contributed by atoms with Gasteiger partial charge in [-0.25, -0.2) is 9.97 Å². The number of oxazole rings is 2. The number of rotatable bonds is 8. The van der Waals surface area contributed by atoms with Gasteiger partial charge in [0.05, 0.1) is 11.4 Å². The van der Waals surface area contributed by atoms with Crippen molar-refractivity contribution in [1.29, 1.82) is 0 Å². The van der Waals surface area contributed by atoms with Gasteiger partial charge in [0.1, 0.15) is 30.6 Å². The minimum absolute atomic E-state index is 0.290. The molecule has 0 atom stereocenters.